The zero-order chi connectivity index (χ0) is 18.8. The van der Waals surface area contributed by atoms with E-state index in [0.717, 1.165) is 26.7 Å². The Balaban J connectivity index is 2.10. The Bertz CT molecular complexity index is 903. The number of benzene rings is 1. The summed E-state index contributed by atoms with van der Waals surface area (Å²) in [6, 6.07) is 9.36. The van der Waals surface area contributed by atoms with Crippen molar-refractivity contribution in [1.29, 1.82) is 0 Å². The lowest BCUT2D eigenvalue weighted by atomic mass is 10.1. The maximum atomic E-state index is 12.9. The van der Waals surface area contributed by atoms with Crippen molar-refractivity contribution in [2.24, 2.45) is 0 Å². The molecule has 26 heavy (non-hydrogen) atoms. The van der Waals surface area contributed by atoms with Gasteiger partial charge in [-0.3, -0.25) is 10.1 Å². The van der Waals surface area contributed by atoms with Gasteiger partial charge in [-0.05, 0) is 48.7 Å². The molecule has 1 radical (unpaired) electrons. The lowest BCUT2D eigenvalue weighted by Crippen LogP contribution is -2.04. The number of hydrogen-bond acceptors (Lipinski definition) is 2. The van der Waals surface area contributed by atoms with Crippen molar-refractivity contribution >= 4 is 35.0 Å². The third-order valence-corrected chi connectivity index (χ3v) is 5.71. The van der Waals surface area contributed by atoms with Crippen LogP contribution in [0.1, 0.15) is 36.6 Å². The first-order chi connectivity index (χ1) is 12.4. The second-order valence-electron chi connectivity index (χ2n) is 6.44. The first-order valence-corrected chi connectivity index (χ1v) is 9.87. The van der Waals surface area contributed by atoms with Gasteiger partial charge in [0.25, 0.3) is 0 Å². The number of rotatable bonds is 5. The van der Waals surface area contributed by atoms with Gasteiger partial charge in [-0.15, -0.1) is 0 Å². The van der Waals surface area contributed by atoms with Crippen molar-refractivity contribution in [3.63, 3.8) is 0 Å². The van der Waals surface area contributed by atoms with Crippen LogP contribution in [-0.2, 0) is 11.7 Å². The van der Waals surface area contributed by atoms with Crippen LogP contribution < -0.4 is 0 Å². The number of pyridine rings is 1. The topological polar surface area (TPSA) is 37.7 Å². The molecule has 1 aromatic carbocycles. The molecule has 0 aliphatic carbocycles. The van der Waals surface area contributed by atoms with E-state index in [4.69, 9.17) is 23.2 Å². The van der Waals surface area contributed by atoms with Gasteiger partial charge in [0.1, 0.15) is 0 Å². The molecule has 0 fully saturated rings. The van der Waals surface area contributed by atoms with Gasteiger partial charge in [0, 0.05) is 39.4 Å². The highest BCUT2D eigenvalue weighted by Crippen LogP contribution is 2.44. The molecule has 6 heteroatoms. The molecule has 0 atom stereocenters. The fourth-order valence-electron chi connectivity index (χ4n) is 2.89. The van der Waals surface area contributed by atoms with E-state index in [1.165, 1.54) is 11.8 Å². The molecule has 3 aromatic rings. The monoisotopic (exact) mass is 405 g/mol. The Morgan fingerprint density at radius 2 is 1.73 bits per heavy atom. The molecular formula is C20H19Cl2N2OS. The van der Waals surface area contributed by atoms with Gasteiger partial charge in [0.2, 0.25) is 5.75 Å². The first kappa shape index (κ1) is 19.2. The molecule has 3 rings (SSSR count). The van der Waals surface area contributed by atoms with E-state index in [1.807, 2.05) is 45.0 Å². The van der Waals surface area contributed by atoms with Crippen molar-refractivity contribution in [3.8, 4) is 5.75 Å². The fraction of sp³-hybridized carbons (Fsp3) is 0.250. The zero-order valence-corrected chi connectivity index (χ0v) is 17.1. The molecular weight excluding hydrogens is 387 g/mol. The largest absolute Gasteiger partial charge is 0.332 e. The highest BCUT2D eigenvalue weighted by Gasteiger charge is 2.24. The predicted molar refractivity (Wildman–Crippen MR) is 107 cm³/mol. The van der Waals surface area contributed by atoms with E-state index in [0.29, 0.717) is 16.6 Å². The number of aromatic nitrogens is 2. The summed E-state index contributed by atoms with van der Waals surface area (Å²) in [5.41, 5.74) is 2.66. The maximum absolute atomic E-state index is 12.9. The Kier molecular flexibility index (Phi) is 5.86. The summed E-state index contributed by atoms with van der Waals surface area (Å²) in [4.78, 5) is 4.98. The average Bonchev–Trinajstić information content (AvgIpc) is 2.79. The van der Waals surface area contributed by atoms with Crippen LogP contribution in [0.4, 0.5) is 0 Å². The minimum atomic E-state index is 0.102. The van der Waals surface area contributed by atoms with Crippen molar-refractivity contribution in [2.45, 2.75) is 43.2 Å². The van der Waals surface area contributed by atoms with Gasteiger partial charge in [0.15, 0.2) is 0 Å². The SMILES string of the molecule is Cc1c([O])c(C(C)C)c(Sc2cc(Cl)cc(Cl)c2)n1Cc1ccncc1. The maximum Gasteiger partial charge on any atom is 0.203 e. The molecule has 135 valence electrons. The molecule has 0 saturated carbocycles. The van der Waals surface area contributed by atoms with Crippen molar-refractivity contribution in [2.75, 3.05) is 0 Å². The molecule has 0 N–H and O–H groups in total. The molecule has 0 aliphatic rings. The third-order valence-electron chi connectivity index (χ3n) is 4.17. The zero-order valence-electron chi connectivity index (χ0n) is 14.8. The van der Waals surface area contributed by atoms with Crippen LogP contribution in [0.25, 0.3) is 0 Å². The molecule has 2 heterocycles. The Morgan fingerprint density at radius 1 is 1.12 bits per heavy atom. The smallest absolute Gasteiger partial charge is 0.203 e. The lowest BCUT2D eigenvalue weighted by Gasteiger charge is -2.14. The number of halogens is 2. The van der Waals surface area contributed by atoms with E-state index in [-0.39, 0.29) is 11.7 Å². The van der Waals surface area contributed by atoms with Gasteiger partial charge in [-0.1, -0.05) is 48.8 Å². The van der Waals surface area contributed by atoms with Gasteiger partial charge < -0.3 is 4.57 Å². The summed E-state index contributed by atoms with van der Waals surface area (Å²) in [6.07, 6.45) is 3.53. The average molecular weight is 406 g/mol. The molecule has 0 bridgehead atoms. The fourth-order valence-corrected chi connectivity index (χ4v) is 4.89. The molecule has 0 spiro atoms. The standard InChI is InChI=1S/C20H19Cl2N2OS/c1-12(2)18-19(25)13(3)24(11-14-4-6-23-7-5-14)20(18)26-17-9-15(21)8-16(22)10-17/h4-10,12H,11H2,1-3H3. The normalized spacial score (nSPS) is 11.3. The van der Waals surface area contributed by atoms with Crippen LogP contribution in [0.3, 0.4) is 0 Å². The minimum absolute atomic E-state index is 0.102. The number of hydrogen-bond donors (Lipinski definition) is 0. The lowest BCUT2D eigenvalue weighted by molar-refractivity contribution is 0.344. The highest BCUT2D eigenvalue weighted by atomic mass is 35.5. The van der Waals surface area contributed by atoms with E-state index >= 15 is 0 Å². The van der Waals surface area contributed by atoms with Crippen LogP contribution in [0.5, 0.6) is 5.75 Å². The van der Waals surface area contributed by atoms with Gasteiger partial charge in [-0.2, -0.15) is 0 Å². The van der Waals surface area contributed by atoms with Crippen molar-refractivity contribution < 1.29 is 5.11 Å². The summed E-state index contributed by atoms with van der Waals surface area (Å²) in [5.74, 6) is 0.224. The van der Waals surface area contributed by atoms with Crippen LogP contribution in [-0.4, -0.2) is 9.55 Å². The van der Waals surface area contributed by atoms with Crippen LogP contribution >= 0.6 is 35.0 Å². The van der Waals surface area contributed by atoms with Crippen LogP contribution in [0, 0.1) is 6.92 Å². The molecule has 0 saturated heterocycles. The van der Waals surface area contributed by atoms with E-state index in [9.17, 15) is 5.11 Å². The van der Waals surface area contributed by atoms with Crippen molar-refractivity contribution in [3.05, 3.63) is 69.6 Å². The van der Waals surface area contributed by atoms with Crippen LogP contribution in [0.2, 0.25) is 10.0 Å². The Labute approximate surface area is 168 Å². The molecule has 3 nitrogen and oxygen atoms in total. The van der Waals surface area contributed by atoms with E-state index in [1.54, 1.807) is 18.5 Å². The highest BCUT2D eigenvalue weighted by molar-refractivity contribution is 7.99. The van der Waals surface area contributed by atoms with Crippen molar-refractivity contribution in [1.82, 2.24) is 9.55 Å². The second-order valence-corrected chi connectivity index (χ2v) is 8.37. The van der Waals surface area contributed by atoms with Crippen LogP contribution in [0.15, 0.2) is 52.6 Å². The van der Waals surface area contributed by atoms with E-state index < -0.39 is 0 Å². The summed E-state index contributed by atoms with van der Waals surface area (Å²) in [6.45, 7) is 6.58. The quantitative estimate of drug-likeness (QED) is 0.459. The van der Waals surface area contributed by atoms with Gasteiger partial charge in [-0.25, -0.2) is 0 Å². The molecule has 0 unspecified atom stereocenters. The predicted octanol–water partition coefficient (Wildman–Crippen LogP) is 6.97. The summed E-state index contributed by atoms with van der Waals surface area (Å²) in [5, 5.41) is 15.0. The van der Waals surface area contributed by atoms with Gasteiger partial charge >= 0.3 is 0 Å². The second kappa shape index (κ2) is 7.95. The Hall–Kier alpha value is -1.62. The number of nitrogens with zero attached hydrogens (tertiary/aromatic N) is 2. The molecule has 2 aromatic heterocycles. The summed E-state index contributed by atoms with van der Waals surface area (Å²) < 4.78 is 2.08. The summed E-state index contributed by atoms with van der Waals surface area (Å²) >= 11 is 13.8. The summed E-state index contributed by atoms with van der Waals surface area (Å²) in [7, 11) is 0. The minimum Gasteiger partial charge on any atom is -0.332 e. The first-order valence-electron chi connectivity index (χ1n) is 8.29. The molecule has 0 amide bonds. The Morgan fingerprint density at radius 3 is 2.31 bits per heavy atom. The van der Waals surface area contributed by atoms with Gasteiger partial charge in [0.05, 0.1) is 10.7 Å². The van der Waals surface area contributed by atoms with E-state index in [2.05, 4.69) is 9.55 Å². The molecule has 0 aliphatic heterocycles. The third kappa shape index (κ3) is 4.03.